The molecule has 0 aliphatic carbocycles. The maximum absolute atomic E-state index is 12.6. The number of carboxylic acid groups (broad SMARTS) is 1. The molecule has 1 aliphatic rings. The number of hydrogen-bond donors (Lipinski definition) is 1. The third-order valence-electron chi connectivity index (χ3n) is 3.98. The molecule has 2 heterocycles. The van der Waals surface area contributed by atoms with Gasteiger partial charge in [0, 0.05) is 34.7 Å². The van der Waals surface area contributed by atoms with Crippen LogP contribution in [0.3, 0.4) is 0 Å². The number of thioether (sulfide) groups is 1. The second kappa shape index (κ2) is 8.66. The van der Waals surface area contributed by atoms with Crippen molar-refractivity contribution in [1.82, 2.24) is 9.88 Å². The van der Waals surface area contributed by atoms with Crippen LogP contribution in [0.15, 0.2) is 34.5 Å². The van der Waals surface area contributed by atoms with Gasteiger partial charge in [0.1, 0.15) is 0 Å². The fraction of sp³-hybridized carbons (Fsp3) is 0.389. The first-order valence-corrected chi connectivity index (χ1v) is 10.1. The summed E-state index contributed by atoms with van der Waals surface area (Å²) in [4.78, 5) is 30.6. The SMILES string of the molecule is Cc1nc(CSc2ccc(C(=O)N3CCOC(CC(=O)O)C3)cc2)cs1. The quantitative estimate of drug-likeness (QED) is 0.761. The maximum Gasteiger partial charge on any atom is 0.306 e. The smallest absolute Gasteiger partial charge is 0.306 e. The van der Waals surface area contributed by atoms with Crippen LogP contribution >= 0.6 is 23.1 Å². The molecule has 8 heteroatoms. The molecule has 1 unspecified atom stereocenters. The summed E-state index contributed by atoms with van der Waals surface area (Å²) in [6, 6.07) is 7.51. The van der Waals surface area contributed by atoms with E-state index < -0.39 is 12.1 Å². The topological polar surface area (TPSA) is 79.7 Å². The Kier molecular flexibility index (Phi) is 6.29. The van der Waals surface area contributed by atoms with Crippen molar-refractivity contribution in [1.29, 1.82) is 0 Å². The van der Waals surface area contributed by atoms with Crippen molar-refractivity contribution >= 4 is 35.0 Å². The molecule has 138 valence electrons. The molecule has 1 aromatic heterocycles. The molecule has 1 aromatic carbocycles. The average Bonchev–Trinajstić information content (AvgIpc) is 3.05. The van der Waals surface area contributed by atoms with Crippen molar-refractivity contribution in [3.63, 3.8) is 0 Å². The maximum atomic E-state index is 12.6. The molecule has 1 N–H and O–H groups in total. The van der Waals surface area contributed by atoms with E-state index in [9.17, 15) is 9.59 Å². The number of benzene rings is 1. The van der Waals surface area contributed by atoms with Gasteiger partial charge in [0.2, 0.25) is 0 Å². The van der Waals surface area contributed by atoms with Gasteiger partial charge in [-0.15, -0.1) is 23.1 Å². The van der Waals surface area contributed by atoms with E-state index in [1.54, 1.807) is 28.0 Å². The van der Waals surface area contributed by atoms with Gasteiger partial charge in [-0.2, -0.15) is 0 Å². The second-order valence-electron chi connectivity index (χ2n) is 6.01. The van der Waals surface area contributed by atoms with E-state index in [0.29, 0.717) is 25.3 Å². The Morgan fingerprint density at radius 1 is 1.38 bits per heavy atom. The minimum Gasteiger partial charge on any atom is -0.481 e. The highest BCUT2D eigenvalue weighted by Gasteiger charge is 2.26. The van der Waals surface area contributed by atoms with E-state index in [-0.39, 0.29) is 12.3 Å². The normalized spacial score (nSPS) is 17.3. The molecule has 1 fully saturated rings. The zero-order valence-electron chi connectivity index (χ0n) is 14.4. The molecule has 2 aromatic rings. The summed E-state index contributed by atoms with van der Waals surface area (Å²) in [5.41, 5.74) is 1.67. The number of ether oxygens (including phenoxy) is 1. The number of carboxylic acids is 1. The van der Waals surface area contributed by atoms with Crippen LogP contribution in [0.25, 0.3) is 0 Å². The van der Waals surface area contributed by atoms with E-state index in [2.05, 4.69) is 10.4 Å². The predicted octanol–water partition coefficient (Wildman–Crippen LogP) is 3.06. The molecular weight excluding hydrogens is 372 g/mol. The lowest BCUT2D eigenvalue weighted by molar-refractivity contribution is -0.141. The van der Waals surface area contributed by atoms with Crippen LogP contribution in [-0.2, 0) is 15.3 Å². The van der Waals surface area contributed by atoms with Crippen LogP contribution in [0, 0.1) is 6.92 Å². The van der Waals surface area contributed by atoms with Crippen molar-refractivity contribution in [2.24, 2.45) is 0 Å². The van der Waals surface area contributed by atoms with E-state index in [0.717, 1.165) is 21.3 Å². The molecule has 0 spiro atoms. The first kappa shape index (κ1) is 18.9. The van der Waals surface area contributed by atoms with Crippen LogP contribution in [0.5, 0.6) is 0 Å². The number of thiazole rings is 1. The van der Waals surface area contributed by atoms with E-state index in [1.165, 1.54) is 0 Å². The van der Waals surface area contributed by atoms with Crippen LogP contribution < -0.4 is 0 Å². The molecule has 3 rings (SSSR count). The van der Waals surface area contributed by atoms with Crippen LogP contribution in [-0.4, -0.2) is 52.7 Å². The largest absolute Gasteiger partial charge is 0.481 e. The number of carbonyl (C=O) groups is 2. The third-order valence-corrected chi connectivity index (χ3v) is 5.85. The van der Waals surface area contributed by atoms with Crippen molar-refractivity contribution in [2.75, 3.05) is 19.7 Å². The molecule has 0 saturated carbocycles. The van der Waals surface area contributed by atoms with Gasteiger partial charge in [-0.05, 0) is 31.2 Å². The molecule has 1 saturated heterocycles. The fourth-order valence-corrected chi connectivity index (χ4v) is 4.24. The number of aromatic nitrogens is 1. The average molecular weight is 393 g/mol. The standard InChI is InChI=1S/C18H20N2O4S2/c1-12-19-14(10-25-12)11-26-16-4-2-13(3-5-16)18(23)20-6-7-24-15(9-20)8-17(21)22/h2-5,10,15H,6-9,11H2,1H3,(H,21,22). The van der Waals surface area contributed by atoms with Crippen LogP contribution in [0.4, 0.5) is 0 Å². The number of nitrogens with zero attached hydrogens (tertiary/aromatic N) is 2. The van der Waals surface area contributed by atoms with Crippen molar-refractivity contribution in [3.8, 4) is 0 Å². The van der Waals surface area contributed by atoms with Crippen LogP contribution in [0.1, 0.15) is 27.5 Å². The Labute approximate surface area is 160 Å². The third kappa shape index (κ3) is 5.06. The van der Waals surface area contributed by atoms with Gasteiger partial charge in [0.15, 0.2) is 0 Å². The molecule has 1 amide bonds. The number of rotatable bonds is 6. The second-order valence-corrected chi connectivity index (χ2v) is 8.12. The van der Waals surface area contributed by atoms with Crippen molar-refractivity contribution in [2.45, 2.75) is 30.1 Å². The Morgan fingerprint density at radius 3 is 2.81 bits per heavy atom. The summed E-state index contributed by atoms with van der Waals surface area (Å²) in [6.45, 7) is 3.15. The number of hydrogen-bond acceptors (Lipinski definition) is 6. The summed E-state index contributed by atoms with van der Waals surface area (Å²) < 4.78 is 5.42. The molecular formula is C18H20N2O4S2. The summed E-state index contributed by atoms with van der Waals surface area (Å²) in [5, 5.41) is 12.0. The minimum atomic E-state index is -0.916. The highest BCUT2D eigenvalue weighted by atomic mass is 32.2. The van der Waals surface area contributed by atoms with Gasteiger partial charge in [-0.1, -0.05) is 0 Å². The first-order chi connectivity index (χ1) is 12.5. The molecule has 0 radical (unpaired) electrons. The Morgan fingerprint density at radius 2 is 2.15 bits per heavy atom. The Hall–Kier alpha value is -1.90. The van der Waals surface area contributed by atoms with Gasteiger partial charge in [0.25, 0.3) is 5.91 Å². The van der Waals surface area contributed by atoms with Crippen LogP contribution in [0.2, 0.25) is 0 Å². The van der Waals surface area contributed by atoms with Crippen molar-refractivity contribution in [3.05, 3.63) is 45.9 Å². The number of aryl methyl sites for hydroxylation is 1. The van der Waals surface area contributed by atoms with Gasteiger partial charge < -0.3 is 14.7 Å². The number of carbonyl (C=O) groups excluding carboxylic acids is 1. The highest BCUT2D eigenvalue weighted by molar-refractivity contribution is 7.98. The lowest BCUT2D eigenvalue weighted by Crippen LogP contribution is -2.46. The summed E-state index contributed by atoms with van der Waals surface area (Å²) in [6.07, 6.45) is -0.531. The molecule has 1 aliphatic heterocycles. The van der Waals surface area contributed by atoms with Gasteiger partial charge in [0.05, 0.1) is 29.8 Å². The van der Waals surface area contributed by atoms with Crippen molar-refractivity contribution < 1.29 is 19.4 Å². The van der Waals surface area contributed by atoms with E-state index in [1.807, 2.05) is 31.2 Å². The van der Waals surface area contributed by atoms with Gasteiger partial charge in [-0.3, -0.25) is 9.59 Å². The number of amides is 1. The molecule has 1 atom stereocenters. The minimum absolute atomic E-state index is 0.0876. The summed E-state index contributed by atoms with van der Waals surface area (Å²) >= 11 is 3.33. The lowest BCUT2D eigenvalue weighted by Gasteiger charge is -2.32. The first-order valence-electron chi connectivity index (χ1n) is 8.28. The Balaban J connectivity index is 1.57. The lowest BCUT2D eigenvalue weighted by atomic mass is 10.1. The molecule has 0 bridgehead atoms. The summed E-state index contributed by atoms with van der Waals surface area (Å²) in [5.74, 6) is -0.200. The number of aliphatic carboxylic acids is 1. The Bertz CT molecular complexity index is 776. The molecule has 6 nitrogen and oxygen atoms in total. The monoisotopic (exact) mass is 392 g/mol. The zero-order chi connectivity index (χ0) is 18.5. The van der Waals surface area contributed by atoms with E-state index in [4.69, 9.17) is 9.84 Å². The predicted molar refractivity (Wildman–Crippen MR) is 101 cm³/mol. The van der Waals surface area contributed by atoms with Gasteiger partial charge >= 0.3 is 5.97 Å². The van der Waals surface area contributed by atoms with E-state index >= 15 is 0 Å². The number of morpholine rings is 1. The fourth-order valence-electron chi connectivity index (χ4n) is 2.73. The zero-order valence-corrected chi connectivity index (χ0v) is 16.0. The summed E-state index contributed by atoms with van der Waals surface area (Å²) in [7, 11) is 0. The highest BCUT2D eigenvalue weighted by Crippen LogP contribution is 2.24. The van der Waals surface area contributed by atoms with Gasteiger partial charge in [-0.25, -0.2) is 4.98 Å². The molecule has 26 heavy (non-hydrogen) atoms.